The van der Waals surface area contributed by atoms with Crippen molar-refractivity contribution in [3.63, 3.8) is 0 Å². The Kier molecular flexibility index (Phi) is 8.44. The maximum atomic E-state index is 13.1. The van der Waals surface area contributed by atoms with Gasteiger partial charge >= 0.3 is 0 Å². The van der Waals surface area contributed by atoms with Crippen LogP contribution in [0.3, 0.4) is 0 Å². The summed E-state index contributed by atoms with van der Waals surface area (Å²) < 4.78 is 0.927. The van der Waals surface area contributed by atoms with E-state index >= 15 is 0 Å². The zero-order valence-corrected chi connectivity index (χ0v) is 27.8. The van der Waals surface area contributed by atoms with Crippen LogP contribution in [0, 0.1) is 17.2 Å². The van der Waals surface area contributed by atoms with Crippen molar-refractivity contribution in [2.75, 3.05) is 14.1 Å². The van der Waals surface area contributed by atoms with Gasteiger partial charge in [0.05, 0.1) is 11.5 Å². The van der Waals surface area contributed by atoms with Crippen molar-refractivity contribution < 1.29 is 9.59 Å². The van der Waals surface area contributed by atoms with Gasteiger partial charge in [0.1, 0.15) is 11.6 Å². The Morgan fingerprint density at radius 1 is 1.00 bits per heavy atom. The lowest BCUT2D eigenvalue weighted by atomic mass is 9.77. The van der Waals surface area contributed by atoms with E-state index < -0.39 is 17.0 Å². The normalized spacial score (nSPS) is 24.9. The van der Waals surface area contributed by atoms with Gasteiger partial charge in [-0.3, -0.25) is 19.4 Å². The second-order valence-electron chi connectivity index (χ2n) is 12.0. The van der Waals surface area contributed by atoms with E-state index in [9.17, 15) is 14.9 Å². The summed E-state index contributed by atoms with van der Waals surface area (Å²) in [5.41, 5.74) is 13.8. The lowest BCUT2D eigenvalue weighted by Gasteiger charge is -2.40. The Morgan fingerprint density at radius 2 is 1.64 bits per heavy atom. The lowest BCUT2D eigenvalue weighted by Crippen LogP contribution is -2.52. The van der Waals surface area contributed by atoms with Gasteiger partial charge in [-0.1, -0.05) is 66.2 Å². The summed E-state index contributed by atoms with van der Waals surface area (Å²) in [5, 5.41) is 11.0. The predicted octanol–water partition coefficient (Wildman–Crippen LogP) is 5.37. The number of nitriles is 1. The number of guanidine groups is 2. The minimum Gasteiger partial charge on any atom is -0.369 e. The van der Waals surface area contributed by atoms with Gasteiger partial charge in [-0.05, 0) is 66.5 Å². The number of aliphatic imine (C=N–C) groups is 2. The summed E-state index contributed by atoms with van der Waals surface area (Å²) in [7, 11) is 3.31. The third-order valence-corrected chi connectivity index (χ3v) is 10.4. The number of likely N-dealkylation sites (N-methyl/N-ethyl adjacent to an activating group) is 2. The minimum absolute atomic E-state index is 0.0304. The molecule has 9 nitrogen and oxygen atoms in total. The Labute approximate surface area is 270 Å². The first-order valence-corrected chi connectivity index (χ1v) is 16.1. The van der Waals surface area contributed by atoms with E-state index in [1.54, 1.807) is 19.5 Å². The van der Waals surface area contributed by atoms with Crippen LogP contribution in [0.5, 0.6) is 0 Å². The van der Waals surface area contributed by atoms with Crippen molar-refractivity contribution in [2.24, 2.45) is 27.4 Å². The Morgan fingerprint density at radius 3 is 2.16 bits per heavy atom. The molecule has 1 aromatic heterocycles. The van der Waals surface area contributed by atoms with Gasteiger partial charge in [0.25, 0.3) is 5.91 Å². The predicted molar refractivity (Wildman–Crippen MR) is 177 cm³/mol. The van der Waals surface area contributed by atoms with Gasteiger partial charge in [-0.25, -0.2) is 9.98 Å². The zero-order chi connectivity index (χ0) is 32.0. The van der Waals surface area contributed by atoms with E-state index in [1.165, 1.54) is 39.5 Å². The third-order valence-electron chi connectivity index (χ3n) is 8.74. The zero-order valence-electron chi connectivity index (χ0n) is 25.4. The highest BCUT2D eigenvalue weighted by Gasteiger charge is 2.50. The second-order valence-corrected chi connectivity index (χ2v) is 13.8. The SMILES string of the molecule is CC(C)C1(c2cccc(Br)c2)N=C(N)N(C)C1=O.CN1C(=O)[C@H](c2ccc(C3CC3)cc2)[C@@](C)(c2cc(C#N)cs2)N=C1N. The molecular weight excluding hydrogens is 638 g/mol. The van der Waals surface area contributed by atoms with E-state index in [-0.39, 0.29) is 29.7 Å². The van der Waals surface area contributed by atoms with E-state index in [2.05, 4.69) is 39.1 Å². The smallest absolute Gasteiger partial charge is 0.261 e. The summed E-state index contributed by atoms with van der Waals surface area (Å²) in [4.78, 5) is 38.5. The summed E-state index contributed by atoms with van der Waals surface area (Å²) in [5.74, 6) is 0.550. The maximum Gasteiger partial charge on any atom is 0.261 e. The molecule has 4 N–H and O–H groups in total. The van der Waals surface area contributed by atoms with Crippen molar-refractivity contribution in [1.29, 1.82) is 5.26 Å². The summed E-state index contributed by atoms with van der Waals surface area (Å²) in [6, 6.07) is 20.0. The highest BCUT2D eigenvalue weighted by atomic mass is 79.9. The number of hydrogen-bond donors (Lipinski definition) is 2. The van der Waals surface area contributed by atoms with Crippen LogP contribution >= 0.6 is 27.3 Å². The molecular formula is C33H36BrN7O2S. The molecule has 2 amide bonds. The molecule has 44 heavy (non-hydrogen) atoms. The maximum absolute atomic E-state index is 13.1. The fourth-order valence-electron chi connectivity index (χ4n) is 5.91. The third kappa shape index (κ3) is 5.41. The van der Waals surface area contributed by atoms with Crippen LogP contribution in [0.15, 0.2) is 74.4 Å². The van der Waals surface area contributed by atoms with Crippen LogP contribution in [0.2, 0.25) is 0 Å². The van der Waals surface area contributed by atoms with E-state index in [1.807, 2.05) is 63.2 Å². The van der Waals surface area contributed by atoms with Gasteiger partial charge < -0.3 is 11.5 Å². The van der Waals surface area contributed by atoms with Crippen LogP contribution in [0.4, 0.5) is 0 Å². The van der Waals surface area contributed by atoms with Crippen LogP contribution in [-0.4, -0.2) is 47.6 Å². The topological polar surface area (TPSA) is 141 Å². The molecule has 3 heterocycles. The molecule has 2 aliphatic heterocycles. The van der Waals surface area contributed by atoms with E-state index in [0.29, 0.717) is 11.5 Å². The molecule has 228 valence electrons. The lowest BCUT2D eigenvalue weighted by molar-refractivity contribution is -0.132. The van der Waals surface area contributed by atoms with Gasteiger partial charge in [0.2, 0.25) is 5.91 Å². The number of hydrogen-bond acceptors (Lipinski definition) is 8. The van der Waals surface area contributed by atoms with Crippen molar-refractivity contribution in [2.45, 2.75) is 56.5 Å². The summed E-state index contributed by atoms with van der Waals surface area (Å²) in [6.45, 7) is 5.89. The monoisotopic (exact) mass is 673 g/mol. The molecule has 0 saturated heterocycles. The number of rotatable bonds is 5. The van der Waals surface area contributed by atoms with Gasteiger partial charge in [-0.15, -0.1) is 11.3 Å². The largest absolute Gasteiger partial charge is 0.369 e. The molecule has 3 aromatic rings. The number of carbonyl (C=O) groups excluding carboxylic acids is 2. The van der Waals surface area contributed by atoms with Crippen molar-refractivity contribution >= 4 is 51.0 Å². The molecule has 0 radical (unpaired) electrons. The number of halogens is 1. The molecule has 1 unspecified atom stereocenters. The highest BCUT2D eigenvalue weighted by molar-refractivity contribution is 9.10. The molecule has 3 aliphatic rings. The molecule has 6 rings (SSSR count). The van der Waals surface area contributed by atoms with Crippen molar-refractivity contribution in [3.8, 4) is 6.07 Å². The Balaban J connectivity index is 0.000000187. The van der Waals surface area contributed by atoms with Gasteiger partial charge in [0.15, 0.2) is 17.5 Å². The molecule has 2 aromatic carbocycles. The number of nitrogens with two attached hydrogens (primary N) is 2. The second kappa shape index (κ2) is 11.8. The van der Waals surface area contributed by atoms with Crippen LogP contribution in [-0.2, 0) is 20.7 Å². The van der Waals surface area contributed by atoms with Crippen molar-refractivity contribution in [1.82, 2.24) is 9.80 Å². The van der Waals surface area contributed by atoms with Crippen LogP contribution < -0.4 is 11.5 Å². The van der Waals surface area contributed by atoms with Gasteiger partial charge in [0, 0.05) is 28.8 Å². The molecule has 1 fully saturated rings. The number of thiophene rings is 1. The highest BCUT2D eigenvalue weighted by Crippen LogP contribution is 2.47. The number of carbonyl (C=O) groups is 2. The van der Waals surface area contributed by atoms with E-state index in [4.69, 9.17) is 16.5 Å². The number of amides is 2. The first-order valence-electron chi connectivity index (χ1n) is 14.4. The van der Waals surface area contributed by atoms with Crippen molar-refractivity contribution in [3.05, 3.63) is 91.6 Å². The molecule has 11 heteroatoms. The number of benzene rings is 2. The summed E-state index contributed by atoms with van der Waals surface area (Å²) >= 11 is 4.87. The molecule has 0 spiro atoms. The Hall–Kier alpha value is -4.01. The summed E-state index contributed by atoms with van der Waals surface area (Å²) in [6.07, 6.45) is 2.49. The number of nitrogens with zero attached hydrogens (tertiary/aromatic N) is 5. The Bertz CT molecular complexity index is 1710. The fourth-order valence-corrected chi connectivity index (χ4v) is 7.28. The van der Waals surface area contributed by atoms with Crippen LogP contribution in [0.25, 0.3) is 0 Å². The first kappa shape index (κ1) is 31.4. The standard InChI is InChI=1S/C20H20N4OS.C13H16BrN3O/c1-20(16-9-12(10-21)11-26-16)17(18(25)24(2)19(22)23-20)15-7-5-14(6-8-15)13-3-4-13;1-8(2)13(9-5-4-6-10(14)7-9)11(18)17(3)12(15)16-13/h5-9,11,13,17H,3-4H2,1-2H3,(H2,22,23);4-8H,1-3H3,(H2,15,16)/t17-,20+;/m0./s1. The van der Waals surface area contributed by atoms with Crippen LogP contribution in [0.1, 0.15) is 72.6 Å². The average molecular weight is 675 g/mol. The molecule has 1 saturated carbocycles. The molecule has 0 bridgehead atoms. The van der Waals surface area contributed by atoms with Gasteiger partial charge in [-0.2, -0.15) is 5.26 Å². The average Bonchev–Trinajstić information content (AvgIpc) is 3.68. The molecule has 3 atom stereocenters. The molecule has 1 aliphatic carbocycles. The van der Waals surface area contributed by atoms with E-state index in [0.717, 1.165) is 20.5 Å². The quantitative estimate of drug-likeness (QED) is 0.375. The first-order chi connectivity index (χ1) is 20.8. The fraction of sp³-hybridized carbons (Fsp3) is 0.364. The minimum atomic E-state index is -0.900.